The lowest BCUT2D eigenvalue weighted by Crippen LogP contribution is -2.38. The van der Waals surface area contributed by atoms with Crippen LogP contribution in [0.3, 0.4) is 0 Å². The van der Waals surface area contributed by atoms with Gasteiger partial charge in [0.1, 0.15) is 24.1 Å². The van der Waals surface area contributed by atoms with Gasteiger partial charge in [-0.05, 0) is 12.1 Å². The number of piperidine rings is 1. The molecule has 1 aliphatic rings. The van der Waals surface area contributed by atoms with Crippen LogP contribution < -0.4 is 9.64 Å². The van der Waals surface area contributed by atoms with Crippen molar-refractivity contribution in [2.24, 2.45) is 7.05 Å². The lowest BCUT2D eigenvalue weighted by Gasteiger charge is -2.33. The Morgan fingerprint density at radius 3 is 2.72 bits per heavy atom. The number of aromatic nitrogens is 4. The van der Waals surface area contributed by atoms with Crippen LogP contribution in [0.1, 0.15) is 12.8 Å². The molecule has 0 atom stereocenters. The van der Waals surface area contributed by atoms with E-state index < -0.39 is 11.6 Å². The van der Waals surface area contributed by atoms with Crippen molar-refractivity contribution in [3.8, 4) is 5.75 Å². The van der Waals surface area contributed by atoms with Crippen LogP contribution in [0.4, 0.5) is 14.6 Å². The van der Waals surface area contributed by atoms with Crippen molar-refractivity contribution in [2.75, 3.05) is 18.0 Å². The maximum Gasteiger partial charge on any atom is 0.167 e. The number of nitrogens with zero attached hydrogens (tertiary/aromatic N) is 5. The lowest BCUT2D eigenvalue weighted by atomic mass is 10.1. The second-order valence-corrected chi connectivity index (χ2v) is 6.08. The maximum atomic E-state index is 13.7. The summed E-state index contributed by atoms with van der Waals surface area (Å²) in [6.45, 7) is 1.46. The number of halogens is 2. The molecule has 3 heterocycles. The second-order valence-electron chi connectivity index (χ2n) is 6.08. The van der Waals surface area contributed by atoms with E-state index in [2.05, 4.69) is 20.0 Å². The molecule has 8 heteroatoms. The summed E-state index contributed by atoms with van der Waals surface area (Å²) >= 11 is 0. The highest BCUT2D eigenvalue weighted by Gasteiger charge is 2.24. The highest BCUT2D eigenvalue weighted by atomic mass is 19.1. The summed E-state index contributed by atoms with van der Waals surface area (Å²) in [7, 11) is 1.84. The van der Waals surface area contributed by atoms with Crippen molar-refractivity contribution in [1.29, 1.82) is 0 Å². The van der Waals surface area contributed by atoms with Gasteiger partial charge in [-0.3, -0.25) is 4.68 Å². The van der Waals surface area contributed by atoms with E-state index in [9.17, 15) is 8.78 Å². The number of benzene rings is 1. The van der Waals surface area contributed by atoms with Crippen LogP contribution in [0, 0.1) is 11.6 Å². The molecule has 4 rings (SSSR count). The Bertz CT molecular complexity index is 905. The Balaban J connectivity index is 1.46. The monoisotopic (exact) mass is 345 g/mol. The first kappa shape index (κ1) is 15.7. The predicted molar refractivity (Wildman–Crippen MR) is 88.5 cm³/mol. The summed E-state index contributed by atoms with van der Waals surface area (Å²) in [4.78, 5) is 10.8. The molecular weight excluding hydrogens is 328 g/mol. The fourth-order valence-corrected chi connectivity index (χ4v) is 3.14. The molecule has 0 N–H and O–H groups in total. The lowest BCUT2D eigenvalue weighted by molar-refractivity contribution is 0.163. The summed E-state index contributed by atoms with van der Waals surface area (Å²) in [6.07, 6.45) is 4.64. The van der Waals surface area contributed by atoms with E-state index in [1.807, 2.05) is 7.05 Å². The fraction of sp³-hybridized carbons (Fsp3) is 0.353. The largest absolute Gasteiger partial charge is 0.487 e. The first-order valence-electron chi connectivity index (χ1n) is 8.11. The molecule has 25 heavy (non-hydrogen) atoms. The van der Waals surface area contributed by atoms with Gasteiger partial charge in [0.05, 0.1) is 11.6 Å². The van der Waals surface area contributed by atoms with Crippen molar-refractivity contribution >= 4 is 16.9 Å². The van der Waals surface area contributed by atoms with Crippen LogP contribution in [0.2, 0.25) is 0 Å². The average molecular weight is 345 g/mol. The smallest absolute Gasteiger partial charge is 0.167 e. The van der Waals surface area contributed by atoms with Gasteiger partial charge in [0.15, 0.2) is 17.2 Å². The van der Waals surface area contributed by atoms with Crippen molar-refractivity contribution in [1.82, 2.24) is 19.7 Å². The van der Waals surface area contributed by atoms with Gasteiger partial charge in [0, 0.05) is 39.0 Å². The number of hydrogen-bond donors (Lipinski definition) is 0. The molecule has 0 unspecified atom stereocenters. The molecule has 130 valence electrons. The maximum absolute atomic E-state index is 13.7. The van der Waals surface area contributed by atoms with E-state index in [0.29, 0.717) is 0 Å². The van der Waals surface area contributed by atoms with Crippen molar-refractivity contribution in [3.63, 3.8) is 0 Å². The molecule has 1 aromatic carbocycles. The molecular formula is C17H17F2N5O. The van der Waals surface area contributed by atoms with Crippen molar-refractivity contribution < 1.29 is 13.5 Å². The Kier molecular flexibility index (Phi) is 3.95. The first-order chi connectivity index (χ1) is 12.1. The average Bonchev–Trinajstić information content (AvgIpc) is 3.00. The molecule has 0 saturated carbocycles. The number of fused-ring (bicyclic) bond motifs is 1. The number of ether oxygens (including phenoxy) is 1. The molecule has 3 aromatic rings. The minimum atomic E-state index is -0.671. The summed E-state index contributed by atoms with van der Waals surface area (Å²) in [6, 6.07) is 3.37. The number of anilines is 1. The van der Waals surface area contributed by atoms with Gasteiger partial charge in [0.25, 0.3) is 0 Å². The Labute approximate surface area is 143 Å². The molecule has 1 saturated heterocycles. The highest BCUT2D eigenvalue weighted by Crippen LogP contribution is 2.27. The number of aryl methyl sites for hydroxylation is 1. The summed E-state index contributed by atoms with van der Waals surface area (Å²) in [5, 5.41) is 5.14. The van der Waals surface area contributed by atoms with Crippen LogP contribution >= 0.6 is 0 Å². The Morgan fingerprint density at radius 1 is 1.16 bits per heavy atom. The van der Waals surface area contributed by atoms with E-state index in [0.717, 1.165) is 48.8 Å². The fourth-order valence-electron chi connectivity index (χ4n) is 3.14. The van der Waals surface area contributed by atoms with Gasteiger partial charge in [-0.1, -0.05) is 0 Å². The zero-order chi connectivity index (χ0) is 17.4. The van der Waals surface area contributed by atoms with E-state index in [1.165, 1.54) is 18.5 Å². The van der Waals surface area contributed by atoms with Crippen molar-refractivity contribution in [3.05, 3.63) is 42.4 Å². The van der Waals surface area contributed by atoms with Crippen LogP contribution in [0.15, 0.2) is 30.7 Å². The molecule has 1 aliphatic heterocycles. The zero-order valence-electron chi connectivity index (χ0n) is 13.7. The van der Waals surface area contributed by atoms with Gasteiger partial charge < -0.3 is 9.64 Å². The van der Waals surface area contributed by atoms with Gasteiger partial charge in [0.2, 0.25) is 0 Å². The van der Waals surface area contributed by atoms with Crippen LogP contribution in [0.5, 0.6) is 5.75 Å². The van der Waals surface area contributed by atoms with E-state index >= 15 is 0 Å². The molecule has 0 radical (unpaired) electrons. The Morgan fingerprint density at radius 2 is 1.96 bits per heavy atom. The van der Waals surface area contributed by atoms with Gasteiger partial charge in [-0.15, -0.1) is 0 Å². The van der Waals surface area contributed by atoms with E-state index in [-0.39, 0.29) is 11.9 Å². The standard InChI is InChI=1S/C17H17F2N5O/c1-23-16-13(9-22-23)17(21-10-20-16)24-6-4-12(5-7-24)25-15-3-2-11(18)8-14(15)19/h2-3,8-10,12H,4-7H2,1H3. The van der Waals surface area contributed by atoms with Crippen LogP contribution in [-0.4, -0.2) is 38.9 Å². The van der Waals surface area contributed by atoms with Crippen molar-refractivity contribution in [2.45, 2.75) is 18.9 Å². The number of hydrogen-bond acceptors (Lipinski definition) is 5. The first-order valence-corrected chi connectivity index (χ1v) is 8.11. The third kappa shape index (κ3) is 2.99. The molecule has 1 fully saturated rings. The van der Waals surface area contributed by atoms with E-state index in [4.69, 9.17) is 4.74 Å². The normalized spacial score (nSPS) is 15.7. The molecule has 0 aliphatic carbocycles. The third-order valence-corrected chi connectivity index (χ3v) is 4.44. The Hall–Kier alpha value is -2.77. The van der Waals surface area contributed by atoms with Crippen LogP contribution in [-0.2, 0) is 7.05 Å². The minimum absolute atomic E-state index is 0.0940. The molecule has 0 amide bonds. The highest BCUT2D eigenvalue weighted by molar-refractivity contribution is 5.86. The molecule has 0 bridgehead atoms. The minimum Gasteiger partial charge on any atom is -0.487 e. The molecule has 6 nitrogen and oxygen atoms in total. The summed E-state index contributed by atoms with van der Waals surface area (Å²) in [5.74, 6) is -0.333. The van der Waals surface area contributed by atoms with Crippen LogP contribution in [0.25, 0.3) is 11.0 Å². The zero-order valence-corrected chi connectivity index (χ0v) is 13.7. The van der Waals surface area contributed by atoms with Gasteiger partial charge >= 0.3 is 0 Å². The second kappa shape index (κ2) is 6.27. The quantitative estimate of drug-likeness (QED) is 0.730. The number of rotatable bonds is 3. The molecule has 2 aromatic heterocycles. The summed E-state index contributed by atoms with van der Waals surface area (Å²) < 4.78 is 34.1. The topological polar surface area (TPSA) is 56.1 Å². The predicted octanol–water partition coefficient (Wildman–Crippen LogP) is 2.69. The van der Waals surface area contributed by atoms with E-state index in [1.54, 1.807) is 10.9 Å². The SMILES string of the molecule is Cn1ncc2c(N3CCC(Oc4ccc(F)cc4F)CC3)ncnc21. The van der Waals surface area contributed by atoms with Gasteiger partial charge in [-0.2, -0.15) is 5.10 Å². The summed E-state index contributed by atoms with van der Waals surface area (Å²) in [5.41, 5.74) is 0.789. The molecule has 0 spiro atoms. The third-order valence-electron chi connectivity index (χ3n) is 4.44. The van der Waals surface area contributed by atoms with Gasteiger partial charge in [-0.25, -0.2) is 18.7 Å².